The lowest BCUT2D eigenvalue weighted by Crippen LogP contribution is -2.05. The van der Waals surface area contributed by atoms with Crippen LogP contribution in [0.25, 0.3) is 0 Å². The van der Waals surface area contributed by atoms with E-state index in [0.29, 0.717) is 16.6 Å². The van der Waals surface area contributed by atoms with Crippen LogP contribution in [0.3, 0.4) is 0 Å². The van der Waals surface area contributed by atoms with E-state index in [1.807, 2.05) is 13.1 Å². The molecule has 0 saturated heterocycles. The maximum atomic E-state index is 13.8. The second kappa shape index (κ2) is 6.93. The molecule has 2 aromatic carbocycles. The number of hydrogen-bond donors (Lipinski definition) is 1. The van der Waals surface area contributed by atoms with Crippen molar-refractivity contribution in [1.82, 2.24) is 5.32 Å². The van der Waals surface area contributed by atoms with E-state index >= 15 is 0 Å². The van der Waals surface area contributed by atoms with Crippen LogP contribution in [0.1, 0.15) is 11.1 Å². The first-order valence-corrected chi connectivity index (χ1v) is 6.86. The van der Waals surface area contributed by atoms with Gasteiger partial charge in [-0.05, 0) is 30.8 Å². The molecule has 0 fully saturated rings. The number of nitrogens with one attached hydrogen (secondary N) is 1. The molecular weight excluding hydrogens is 300 g/mol. The molecule has 0 heterocycles. The molecule has 2 nitrogen and oxygen atoms in total. The largest absolute Gasteiger partial charge is 0.486 e. The first kappa shape index (κ1) is 15.1. The van der Waals surface area contributed by atoms with Crippen molar-refractivity contribution in [3.05, 3.63) is 63.4 Å². The van der Waals surface area contributed by atoms with E-state index < -0.39 is 5.82 Å². The van der Waals surface area contributed by atoms with E-state index in [0.717, 1.165) is 11.1 Å². The van der Waals surface area contributed by atoms with E-state index in [4.69, 9.17) is 27.9 Å². The molecule has 0 bridgehead atoms. The van der Waals surface area contributed by atoms with Crippen molar-refractivity contribution in [2.24, 2.45) is 0 Å². The highest BCUT2D eigenvalue weighted by atomic mass is 35.5. The highest BCUT2D eigenvalue weighted by Crippen LogP contribution is 2.27. The Balaban J connectivity index is 2.09. The van der Waals surface area contributed by atoms with E-state index in [2.05, 4.69) is 5.32 Å². The van der Waals surface area contributed by atoms with Gasteiger partial charge in [0.15, 0.2) is 11.6 Å². The van der Waals surface area contributed by atoms with Gasteiger partial charge in [0.25, 0.3) is 0 Å². The van der Waals surface area contributed by atoms with Crippen molar-refractivity contribution in [2.45, 2.75) is 13.2 Å². The average Bonchev–Trinajstić information content (AvgIpc) is 2.42. The SMILES string of the molecule is CNCc1ccc(OCc2cccc(Cl)c2Cl)c(F)c1. The van der Waals surface area contributed by atoms with E-state index in [1.165, 1.54) is 6.07 Å². The zero-order valence-corrected chi connectivity index (χ0v) is 12.4. The van der Waals surface area contributed by atoms with Crippen molar-refractivity contribution >= 4 is 23.2 Å². The molecule has 2 rings (SSSR count). The molecule has 0 spiro atoms. The Hall–Kier alpha value is -1.29. The molecular formula is C15H14Cl2FNO. The van der Waals surface area contributed by atoms with Crippen LogP contribution in [0.5, 0.6) is 5.75 Å². The summed E-state index contributed by atoms with van der Waals surface area (Å²) in [7, 11) is 1.81. The number of hydrogen-bond acceptors (Lipinski definition) is 2. The second-order valence-corrected chi connectivity index (χ2v) is 5.08. The zero-order chi connectivity index (χ0) is 14.5. The van der Waals surface area contributed by atoms with Gasteiger partial charge in [-0.2, -0.15) is 0 Å². The summed E-state index contributed by atoms with van der Waals surface area (Å²) in [6.45, 7) is 0.777. The molecule has 0 aliphatic carbocycles. The maximum Gasteiger partial charge on any atom is 0.165 e. The van der Waals surface area contributed by atoms with Crippen molar-refractivity contribution in [1.29, 1.82) is 0 Å². The van der Waals surface area contributed by atoms with Crippen LogP contribution in [0.4, 0.5) is 4.39 Å². The fraction of sp³-hybridized carbons (Fsp3) is 0.200. The van der Waals surface area contributed by atoms with Crippen LogP contribution in [0.2, 0.25) is 10.0 Å². The summed E-state index contributed by atoms with van der Waals surface area (Å²) >= 11 is 12.0. The zero-order valence-electron chi connectivity index (χ0n) is 10.9. The lowest BCUT2D eigenvalue weighted by atomic mass is 10.2. The van der Waals surface area contributed by atoms with Crippen LogP contribution >= 0.6 is 23.2 Å². The molecule has 106 valence electrons. The molecule has 0 unspecified atom stereocenters. The van der Waals surface area contributed by atoms with Crippen LogP contribution in [0, 0.1) is 5.82 Å². The van der Waals surface area contributed by atoms with Crippen molar-refractivity contribution < 1.29 is 9.13 Å². The van der Waals surface area contributed by atoms with Crippen molar-refractivity contribution in [3.8, 4) is 5.75 Å². The van der Waals surface area contributed by atoms with Gasteiger partial charge >= 0.3 is 0 Å². The summed E-state index contributed by atoms with van der Waals surface area (Å²) in [5.41, 5.74) is 1.58. The van der Waals surface area contributed by atoms with E-state index in [9.17, 15) is 4.39 Å². The molecule has 0 radical (unpaired) electrons. The third-order valence-electron chi connectivity index (χ3n) is 2.79. The molecule has 1 N–H and O–H groups in total. The Kier molecular flexibility index (Phi) is 5.24. The van der Waals surface area contributed by atoms with Crippen LogP contribution in [0.15, 0.2) is 36.4 Å². The smallest absolute Gasteiger partial charge is 0.165 e. The molecule has 0 aromatic heterocycles. The first-order chi connectivity index (χ1) is 9.61. The molecule has 5 heteroatoms. The lowest BCUT2D eigenvalue weighted by Gasteiger charge is -2.10. The fourth-order valence-corrected chi connectivity index (χ4v) is 2.17. The summed E-state index contributed by atoms with van der Waals surface area (Å²) in [5, 5.41) is 3.85. The fourth-order valence-electron chi connectivity index (χ4n) is 1.79. The summed E-state index contributed by atoms with van der Waals surface area (Å²) in [6.07, 6.45) is 0. The number of benzene rings is 2. The normalized spacial score (nSPS) is 10.6. The van der Waals surface area contributed by atoms with Gasteiger partial charge in [0.1, 0.15) is 6.61 Å². The Morgan fingerprint density at radius 2 is 2.00 bits per heavy atom. The van der Waals surface area contributed by atoms with Gasteiger partial charge in [0.05, 0.1) is 10.0 Å². The standard InChI is InChI=1S/C15H14Cl2FNO/c1-19-8-10-5-6-14(13(18)7-10)20-9-11-3-2-4-12(16)15(11)17/h2-7,19H,8-9H2,1H3. The Morgan fingerprint density at radius 1 is 1.20 bits per heavy atom. The minimum absolute atomic E-state index is 0.168. The van der Waals surface area contributed by atoms with Gasteiger partial charge in [-0.3, -0.25) is 0 Å². The molecule has 0 aliphatic rings. The van der Waals surface area contributed by atoms with Crippen LogP contribution in [-0.4, -0.2) is 7.05 Å². The first-order valence-electron chi connectivity index (χ1n) is 6.10. The van der Waals surface area contributed by atoms with Gasteiger partial charge < -0.3 is 10.1 Å². The molecule has 0 aliphatic heterocycles. The summed E-state index contributed by atoms with van der Waals surface area (Å²) < 4.78 is 19.3. The topological polar surface area (TPSA) is 21.3 Å². The van der Waals surface area contributed by atoms with Gasteiger partial charge in [0.2, 0.25) is 0 Å². The Morgan fingerprint density at radius 3 is 2.70 bits per heavy atom. The minimum Gasteiger partial charge on any atom is -0.486 e. The van der Waals surface area contributed by atoms with Crippen molar-refractivity contribution in [2.75, 3.05) is 7.05 Å². The Bertz CT molecular complexity index is 604. The quantitative estimate of drug-likeness (QED) is 0.881. The van der Waals surface area contributed by atoms with Gasteiger partial charge in [-0.15, -0.1) is 0 Å². The monoisotopic (exact) mass is 313 g/mol. The lowest BCUT2D eigenvalue weighted by molar-refractivity contribution is 0.290. The van der Waals surface area contributed by atoms with Crippen LogP contribution < -0.4 is 10.1 Å². The predicted molar refractivity (Wildman–Crippen MR) is 80.0 cm³/mol. The number of rotatable bonds is 5. The third-order valence-corrected chi connectivity index (χ3v) is 3.65. The molecule has 0 saturated carbocycles. The van der Waals surface area contributed by atoms with Gasteiger partial charge in [-0.25, -0.2) is 4.39 Å². The molecule has 0 atom stereocenters. The summed E-state index contributed by atoms with van der Waals surface area (Å²) in [5.74, 6) is -0.197. The summed E-state index contributed by atoms with van der Waals surface area (Å²) in [4.78, 5) is 0. The average molecular weight is 314 g/mol. The molecule has 20 heavy (non-hydrogen) atoms. The van der Waals surface area contributed by atoms with Gasteiger partial charge in [-0.1, -0.05) is 41.4 Å². The second-order valence-electron chi connectivity index (χ2n) is 4.30. The minimum atomic E-state index is -0.393. The van der Waals surface area contributed by atoms with Gasteiger partial charge in [0, 0.05) is 12.1 Å². The maximum absolute atomic E-state index is 13.8. The van der Waals surface area contributed by atoms with E-state index in [1.54, 1.807) is 24.3 Å². The highest BCUT2D eigenvalue weighted by molar-refractivity contribution is 6.42. The predicted octanol–water partition coefficient (Wildman–Crippen LogP) is 4.43. The summed E-state index contributed by atoms with van der Waals surface area (Å²) in [6, 6.07) is 10.1. The third kappa shape index (κ3) is 3.63. The molecule has 2 aromatic rings. The van der Waals surface area contributed by atoms with Crippen LogP contribution in [-0.2, 0) is 13.2 Å². The number of halogens is 3. The Labute approximate surface area is 127 Å². The van der Waals surface area contributed by atoms with Crippen molar-refractivity contribution in [3.63, 3.8) is 0 Å². The van der Waals surface area contributed by atoms with E-state index in [-0.39, 0.29) is 12.4 Å². The molecule has 0 amide bonds. The number of ether oxygens (including phenoxy) is 1. The highest BCUT2D eigenvalue weighted by Gasteiger charge is 2.08.